The Morgan fingerprint density at radius 2 is 1.38 bits per heavy atom. The summed E-state index contributed by atoms with van der Waals surface area (Å²) in [7, 11) is 0. The van der Waals surface area contributed by atoms with Crippen LogP contribution in [-0.4, -0.2) is 97.2 Å². The van der Waals surface area contributed by atoms with Gasteiger partial charge in [-0.1, -0.05) is 74.5 Å². The van der Waals surface area contributed by atoms with Crippen LogP contribution in [0.25, 0.3) is 0 Å². The number of hydrogen-bond donors (Lipinski definition) is 8. The van der Waals surface area contributed by atoms with E-state index in [1.807, 2.05) is 6.92 Å². The molecule has 0 saturated heterocycles. The summed E-state index contributed by atoms with van der Waals surface area (Å²) >= 11 is 0. The topological polar surface area (TPSA) is 177 Å². The highest BCUT2D eigenvalue weighted by Gasteiger charge is 2.69. The van der Waals surface area contributed by atoms with Crippen LogP contribution in [0, 0.1) is 74.4 Å². The zero-order valence-corrected chi connectivity index (χ0v) is 33.7. The lowest BCUT2D eigenvalue weighted by Gasteiger charge is -2.71. The fraction of sp³-hybridized carbons (Fsp3) is 0.953. The van der Waals surface area contributed by atoms with E-state index in [0.29, 0.717) is 46.8 Å². The maximum absolute atomic E-state index is 11.2. The van der Waals surface area contributed by atoms with Crippen molar-refractivity contribution in [1.82, 2.24) is 0 Å². The largest absolute Gasteiger partial charge is 0.393 e. The smallest absolute Gasteiger partial charge is 0.144 e. The molecule has 0 bridgehead atoms. The van der Waals surface area contributed by atoms with Crippen LogP contribution in [0.5, 0.6) is 0 Å². The number of aliphatic hydroxyl groups excluding tert-OH is 6. The summed E-state index contributed by atoms with van der Waals surface area (Å²) in [6.45, 7) is 21.0. The summed E-state index contributed by atoms with van der Waals surface area (Å²) in [6, 6.07) is -1.21. The highest BCUT2D eigenvalue weighted by molar-refractivity contribution is 5.27. The number of fused-ring (bicyclic) bond motifs is 7. The molecule has 300 valence electrons. The van der Waals surface area contributed by atoms with Crippen molar-refractivity contribution in [2.75, 3.05) is 13.2 Å². The maximum Gasteiger partial charge on any atom is 0.144 e. The van der Waals surface area contributed by atoms with Crippen LogP contribution >= 0.6 is 0 Å². The normalized spacial score (nSPS) is 52.5. The second kappa shape index (κ2) is 13.8. The SMILES string of the molecule is CC(CC(C)[C@H]1CC[C@]2(C)[C@H]3C=C[C@@H]4[C@@]5(C)CC[C@H](C)C(C)(C)[C@@H]5CC[C@@]4(C)[C@]3(C)CC[C@@H]12)C(O)C(O)C(O)COC1C(N)C(O)C(O)C1(O)CO. The van der Waals surface area contributed by atoms with Gasteiger partial charge in [0, 0.05) is 0 Å². The maximum atomic E-state index is 11.2. The highest BCUT2D eigenvalue weighted by atomic mass is 16.5. The molecular weight excluding hydrogens is 658 g/mol. The number of allylic oxidation sites excluding steroid dienone is 2. The zero-order valence-electron chi connectivity index (χ0n) is 33.7. The van der Waals surface area contributed by atoms with Gasteiger partial charge in [-0.15, -0.1) is 0 Å². The van der Waals surface area contributed by atoms with E-state index in [9.17, 15) is 35.7 Å². The summed E-state index contributed by atoms with van der Waals surface area (Å²) in [5.41, 5.74) is 5.19. The molecule has 6 aliphatic rings. The number of ether oxygens (including phenoxy) is 1. The molecule has 9 heteroatoms. The van der Waals surface area contributed by atoms with Crippen molar-refractivity contribution in [2.45, 2.75) is 168 Å². The van der Waals surface area contributed by atoms with Crippen molar-refractivity contribution in [3.8, 4) is 0 Å². The molecule has 9 nitrogen and oxygen atoms in total. The monoisotopic (exact) mass is 734 g/mol. The van der Waals surface area contributed by atoms with Gasteiger partial charge in [-0.2, -0.15) is 0 Å². The minimum atomic E-state index is -2.22. The van der Waals surface area contributed by atoms with E-state index < -0.39 is 61.5 Å². The van der Waals surface area contributed by atoms with Crippen LogP contribution < -0.4 is 5.73 Å². The molecule has 5 fully saturated rings. The van der Waals surface area contributed by atoms with Gasteiger partial charge >= 0.3 is 0 Å². The van der Waals surface area contributed by atoms with Gasteiger partial charge in [-0.3, -0.25) is 0 Å². The number of nitrogens with two attached hydrogens (primary N) is 1. The van der Waals surface area contributed by atoms with Crippen molar-refractivity contribution in [3.05, 3.63) is 12.2 Å². The Labute approximate surface area is 313 Å². The molecule has 6 aliphatic carbocycles. The molecular formula is C43H75NO8. The van der Waals surface area contributed by atoms with Crippen molar-refractivity contribution in [1.29, 1.82) is 0 Å². The van der Waals surface area contributed by atoms with Crippen LogP contribution in [-0.2, 0) is 4.74 Å². The predicted octanol–water partition coefficient (Wildman–Crippen LogP) is 4.42. The Bertz CT molecular complexity index is 1330. The Morgan fingerprint density at radius 3 is 2.00 bits per heavy atom. The van der Waals surface area contributed by atoms with E-state index in [2.05, 4.69) is 67.5 Å². The predicted molar refractivity (Wildman–Crippen MR) is 202 cm³/mol. The van der Waals surface area contributed by atoms with Crippen molar-refractivity contribution < 1.29 is 40.5 Å². The first-order valence-electron chi connectivity index (χ1n) is 20.8. The molecule has 0 heterocycles. The zero-order chi connectivity index (χ0) is 38.6. The summed E-state index contributed by atoms with van der Waals surface area (Å²) in [5, 5.41) is 73.6. The van der Waals surface area contributed by atoms with Gasteiger partial charge in [0.25, 0.3) is 0 Å². The average Bonchev–Trinajstić information content (AvgIpc) is 3.52. The molecule has 0 aromatic rings. The van der Waals surface area contributed by atoms with Crippen LogP contribution in [0.2, 0.25) is 0 Å². The number of hydrogen-bond acceptors (Lipinski definition) is 9. The van der Waals surface area contributed by atoms with Gasteiger partial charge in [0.05, 0.1) is 25.4 Å². The minimum Gasteiger partial charge on any atom is -0.393 e. The first-order valence-corrected chi connectivity index (χ1v) is 20.8. The molecule has 0 aromatic heterocycles. The van der Waals surface area contributed by atoms with Gasteiger partial charge < -0.3 is 46.2 Å². The minimum absolute atomic E-state index is 0.224. The molecule has 0 amide bonds. The third kappa shape index (κ3) is 5.78. The number of rotatable bonds is 10. The van der Waals surface area contributed by atoms with Gasteiger partial charge in [-0.25, -0.2) is 0 Å². The molecule has 10 unspecified atom stereocenters. The first kappa shape index (κ1) is 41.0. The van der Waals surface area contributed by atoms with E-state index in [1.165, 1.54) is 51.4 Å². The molecule has 0 spiro atoms. The second-order valence-corrected chi connectivity index (χ2v) is 21.0. The molecule has 0 aromatic carbocycles. The molecule has 52 heavy (non-hydrogen) atoms. The van der Waals surface area contributed by atoms with Gasteiger partial charge in [0.2, 0.25) is 0 Å². The second-order valence-electron chi connectivity index (χ2n) is 21.0. The van der Waals surface area contributed by atoms with Gasteiger partial charge in [-0.05, 0) is 132 Å². The third-order valence-corrected chi connectivity index (χ3v) is 18.6. The van der Waals surface area contributed by atoms with E-state index in [-0.39, 0.29) is 22.2 Å². The summed E-state index contributed by atoms with van der Waals surface area (Å²) in [5.74, 6) is 3.87. The summed E-state index contributed by atoms with van der Waals surface area (Å²) < 4.78 is 5.56. The molecule has 0 aliphatic heterocycles. The number of aliphatic hydroxyl groups is 7. The summed E-state index contributed by atoms with van der Waals surface area (Å²) in [6.07, 6.45) is 7.48. The van der Waals surface area contributed by atoms with E-state index in [1.54, 1.807) is 0 Å². The first-order chi connectivity index (χ1) is 24.1. The Kier molecular flexibility index (Phi) is 10.9. The lowest BCUT2D eigenvalue weighted by atomic mass is 9.33. The molecule has 9 N–H and O–H groups in total. The van der Waals surface area contributed by atoms with Crippen LogP contribution in [0.4, 0.5) is 0 Å². The lowest BCUT2D eigenvalue weighted by molar-refractivity contribution is -0.205. The molecule has 0 radical (unpaired) electrons. The van der Waals surface area contributed by atoms with Gasteiger partial charge in [0.1, 0.15) is 36.1 Å². The quantitative estimate of drug-likeness (QED) is 0.151. The average molecular weight is 734 g/mol. The highest BCUT2D eigenvalue weighted by Crippen LogP contribution is 2.77. The molecule has 6 rings (SSSR count). The molecule has 5 saturated carbocycles. The van der Waals surface area contributed by atoms with Crippen LogP contribution in [0.3, 0.4) is 0 Å². The molecule has 20 atom stereocenters. The fourth-order valence-electron chi connectivity index (χ4n) is 14.7. The van der Waals surface area contributed by atoms with Crippen molar-refractivity contribution in [2.24, 2.45) is 80.2 Å². The van der Waals surface area contributed by atoms with Crippen LogP contribution in [0.1, 0.15) is 120 Å². The van der Waals surface area contributed by atoms with E-state index in [4.69, 9.17) is 10.5 Å². The van der Waals surface area contributed by atoms with Crippen molar-refractivity contribution in [3.63, 3.8) is 0 Å². The van der Waals surface area contributed by atoms with E-state index >= 15 is 0 Å². The van der Waals surface area contributed by atoms with E-state index in [0.717, 1.165) is 11.8 Å². The van der Waals surface area contributed by atoms with Crippen molar-refractivity contribution >= 4 is 0 Å². The Hall–Kier alpha value is -0.620. The third-order valence-electron chi connectivity index (χ3n) is 18.6. The van der Waals surface area contributed by atoms with Gasteiger partial charge in [0.15, 0.2) is 0 Å². The standard InChI is InChI=1S/C43H75NO8/c1-23(20-24(2)33(47)34(48)28(46)21-52-37-32(44)35(49)36(50)43(37,51)22-45)26-13-17-39(6)27(26)14-18-41(8)30(39)10-11-31-40(7)16-12-25(3)38(4,5)29(40)15-19-42(31,41)9/h10-11,23-37,45-51H,12-22,44H2,1-9H3/t23?,24?,25-,26+,27-,28?,29-,30+,31+,32?,33?,34?,35?,36?,37?,39-,40-,41+,42+,43?/m0/s1. The summed E-state index contributed by atoms with van der Waals surface area (Å²) in [4.78, 5) is 0. The van der Waals surface area contributed by atoms with Crippen LogP contribution in [0.15, 0.2) is 12.2 Å². The Morgan fingerprint density at radius 1 is 0.808 bits per heavy atom. The fourth-order valence-corrected chi connectivity index (χ4v) is 14.7. The Balaban J connectivity index is 1.11. The lowest BCUT2D eigenvalue weighted by Crippen LogP contribution is -2.65.